The van der Waals surface area contributed by atoms with E-state index in [1.807, 2.05) is 41.8 Å². The minimum Gasteiger partial charge on any atom is -0.497 e. The van der Waals surface area contributed by atoms with Gasteiger partial charge in [0, 0.05) is 10.4 Å². The molecule has 0 saturated heterocycles. The van der Waals surface area contributed by atoms with Crippen LogP contribution in [-0.2, 0) is 0 Å². The van der Waals surface area contributed by atoms with Crippen molar-refractivity contribution < 1.29 is 9.53 Å². The van der Waals surface area contributed by atoms with E-state index >= 15 is 0 Å². The third-order valence-electron chi connectivity index (χ3n) is 3.81. The van der Waals surface area contributed by atoms with E-state index in [1.54, 1.807) is 24.5 Å². The normalized spacial score (nSPS) is 11.9. The van der Waals surface area contributed by atoms with Gasteiger partial charge in [0.05, 0.1) is 18.8 Å². The zero-order valence-corrected chi connectivity index (χ0v) is 14.4. The lowest BCUT2D eigenvalue weighted by Gasteiger charge is -2.14. The van der Waals surface area contributed by atoms with Crippen LogP contribution in [0.4, 0.5) is 0 Å². The van der Waals surface area contributed by atoms with Gasteiger partial charge in [0.1, 0.15) is 11.4 Å². The first-order valence-corrected chi connectivity index (χ1v) is 8.63. The maximum Gasteiger partial charge on any atom is 0.269 e. The van der Waals surface area contributed by atoms with Gasteiger partial charge in [-0.1, -0.05) is 13.0 Å². The average molecular weight is 341 g/mol. The Morgan fingerprint density at radius 1 is 1.33 bits per heavy atom. The fraction of sp³-hybridized carbons (Fsp3) is 0.222. The number of carbonyl (C=O) groups excluding carboxylic acids is 1. The van der Waals surface area contributed by atoms with Gasteiger partial charge >= 0.3 is 0 Å². The number of benzene rings is 1. The third-order valence-corrected chi connectivity index (χ3v) is 4.79. The smallest absolute Gasteiger partial charge is 0.269 e. The standard InChI is InChI=1S/C18H19N3O2S/c1-3-14(17-5-4-10-24-17)19-18(22)16-11-15(20-21-16)12-6-8-13(23-2)9-7-12/h4-11,14H,3H2,1-2H3,(H,19,22)(H,20,21)/t14-/m0/s1. The number of aromatic amines is 1. The summed E-state index contributed by atoms with van der Waals surface area (Å²) in [6.45, 7) is 2.06. The third kappa shape index (κ3) is 3.49. The number of aromatic nitrogens is 2. The van der Waals surface area contributed by atoms with Crippen LogP contribution in [0.3, 0.4) is 0 Å². The molecule has 0 unspecified atom stereocenters. The van der Waals surface area contributed by atoms with Gasteiger partial charge in [-0.25, -0.2) is 0 Å². The van der Waals surface area contributed by atoms with Crippen LogP contribution in [0.15, 0.2) is 47.8 Å². The molecule has 1 atom stereocenters. The number of methoxy groups -OCH3 is 1. The summed E-state index contributed by atoms with van der Waals surface area (Å²) in [6, 6.07) is 13.4. The van der Waals surface area contributed by atoms with Gasteiger partial charge in [-0.15, -0.1) is 11.3 Å². The van der Waals surface area contributed by atoms with Gasteiger partial charge in [0.15, 0.2) is 0 Å². The number of hydrogen-bond donors (Lipinski definition) is 2. The largest absolute Gasteiger partial charge is 0.497 e. The number of nitrogens with zero attached hydrogens (tertiary/aromatic N) is 1. The molecular weight excluding hydrogens is 322 g/mol. The van der Waals surface area contributed by atoms with E-state index in [0.717, 1.165) is 28.3 Å². The van der Waals surface area contributed by atoms with Crippen molar-refractivity contribution in [3.8, 4) is 17.0 Å². The van der Waals surface area contributed by atoms with Crippen LogP contribution in [-0.4, -0.2) is 23.2 Å². The highest BCUT2D eigenvalue weighted by Gasteiger charge is 2.17. The predicted molar refractivity (Wildman–Crippen MR) is 95.4 cm³/mol. The monoisotopic (exact) mass is 341 g/mol. The summed E-state index contributed by atoms with van der Waals surface area (Å²) < 4.78 is 5.15. The molecule has 0 aliphatic rings. The number of hydrogen-bond acceptors (Lipinski definition) is 4. The van der Waals surface area contributed by atoms with Gasteiger partial charge in [0.2, 0.25) is 0 Å². The number of H-pyrrole nitrogens is 1. The van der Waals surface area contributed by atoms with E-state index in [0.29, 0.717) is 5.69 Å². The molecule has 124 valence electrons. The maximum absolute atomic E-state index is 12.5. The molecule has 2 N–H and O–H groups in total. The van der Waals surface area contributed by atoms with Crippen LogP contribution in [0, 0.1) is 0 Å². The Hall–Kier alpha value is -2.60. The van der Waals surface area contributed by atoms with Crippen molar-refractivity contribution in [2.45, 2.75) is 19.4 Å². The van der Waals surface area contributed by atoms with E-state index in [2.05, 4.69) is 22.4 Å². The van der Waals surface area contributed by atoms with Gasteiger partial charge < -0.3 is 10.1 Å². The summed E-state index contributed by atoms with van der Waals surface area (Å²) in [6.07, 6.45) is 0.839. The first-order valence-electron chi connectivity index (χ1n) is 7.75. The van der Waals surface area contributed by atoms with Gasteiger partial charge in [-0.3, -0.25) is 9.89 Å². The molecular formula is C18H19N3O2S. The molecule has 0 radical (unpaired) electrons. The highest BCUT2D eigenvalue weighted by atomic mass is 32.1. The van der Waals surface area contributed by atoms with Crippen LogP contribution in [0.1, 0.15) is 34.8 Å². The van der Waals surface area contributed by atoms with E-state index in [9.17, 15) is 4.79 Å². The fourth-order valence-corrected chi connectivity index (χ4v) is 3.31. The number of ether oxygens (including phenoxy) is 1. The molecule has 0 saturated carbocycles. The molecule has 3 aromatic rings. The second kappa shape index (κ2) is 7.31. The molecule has 0 aliphatic heterocycles. The summed E-state index contributed by atoms with van der Waals surface area (Å²) >= 11 is 1.65. The highest BCUT2D eigenvalue weighted by molar-refractivity contribution is 7.10. The minimum atomic E-state index is -0.150. The van der Waals surface area contributed by atoms with E-state index < -0.39 is 0 Å². The zero-order chi connectivity index (χ0) is 16.9. The van der Waals surface area contributed by atoms with Crippen molar-refractivity contribution in [2.75, 3.05) is 7.11 Å². The van der Waals surface area contributed by atoms with Crippen molar-refractivity contribution in [1.29, 1.82) is 0 Å². The van der Waals surface area contributed by atoms with Crippen molar-refractivity contribution >= 4 is 17.2 Å². The van der Waals surface area contributed by atoms with E-state index in [4.69, 9.17) is 4.74 Å². The number of thiophene rings is 1. The number of amides is 1. The van der Waals surface area contributed by atoms with Crippen molar-refractivity contribution in [2.24, 2.45) is 0 Å². The molecule has 2 aromatic heterocycles. The number of nitrogens with one attached hydrogen (secondary N) is 2. The van der Waals surface area contributed by atoms with Crippen LogP contribution in [0.25, 0.3) is 11.3 Å². The molecule has 1 aromatic carbocycles. The van der Waals surface area contributed by atoms with Crippen molar-refractivity contribution in [3.63, 3.8) is 0 Å². The second-order valence-electron chi connectivity index (χ2n) is 5.35. The van der Waals surface area contributed by atoms with Crippen LogP contribution < -0.4 is 10.1 Å². The van der Waals surface area contributed by atoms with Gasteiger partial charge in [0.25, 0.3) is 5.91 Å². The predicted octanol–water partition coefficient (Wildman–Crippen LogP) is 4.03. The molecule has 0 fully saturated rings. The van der Waals surface area contributed by atoms with Crippen LogP contribution in [0.2, 0.25) is 0 Å². The molecule has 24 heavy (non-hydrogen) atoms. The fourth-order valence-electron chi connectivity index (χ4n) is 2.45. The Morgan fingerprint density at radius 3 is 2.75 bits per heavy atom. The zero-order valence-electron chi connectivity index (χ0n) is 13.6. The van der Waals surface area contributed by atoms with Crippen LogP contribution >= 0.6 is 11.3 Å². The molecule has 0 spiro atoms. The Morgan fingerprint density at radius 2 is 2.12 bits per heavy atom. The quantitative estimate of drug-likeness (QED) is 0.711. The molecule has 0 bridgehead atoms. The molecule has 3 rings (SSSR count). The summed E-state index contributed by atoms with van der Waals surface area (Å²) in [7, 11) is 1.63. The van der Waals surface area contributed by atoms with E-state index in [-0.39, 0.29) is 11.9 Å². The molecule has 5 nitrogen and oxygen atoms in total. The van der Waals surface area contributed by atoms with Gasteiger partial charge in [-0.05, 0) is 48.2 Å². The first-order chi connectivity index (χ1) is 11.7. The Labute approximate surface area is 144 Å². The van der Waals surface area contributed by atoms with Crippen molar-refractivity contribution in [1.82, 2.24) is 15.5 Å². The summed E-state index contributed by atoms with van der Waals surface area (Å²) in [5.41, 5.74) is 2.11. The first kappa shape index (κ1) is 16.3. The van der Waals surface area contributed by atoms with Crippen LogP contribution in [0.5, 0.6) is 5.75 Å². The molecule has 0 aliphatic carbocycles. The SMILES string of the molecule is CC[C@H](NC(=O)c1cc(-c2ccc(OC)cc2)n[nH]1)c1cccs1. The summed E-state index contributed by atoms with van der Waals surface area (Å²) in [5.74, 6) is 0.636. The van der Waals surface area contributed by atoms with Crippen molar-refractivity contribution in [3.05, 3.63) is 58.4 Å². The highest BCUT2D eigenvalue weighted by Crippen LogP contribution is 2.23. The van der Waals surface area contributed by atoms with E-state index in [1.165, 1.54) is 0 Å². The number of rotatable bonds is 6. The Bertz CT molecular complexity index is 794. The lowest BCUT2D eigenvalue weighted by molar-refractivity contribution is 0.0931. The summed E-state index contributed by atoms with van der Waals surface area (Å²) in [4.78, 5) is 13.6. The second-order valence-corrected chi connectivity index (χ2v) is 6.32. The molecule has 6 heteroatoms. The average Bonchev–Trinajstić information content (AvgIpc) is 3.31. The topological polar surface area (TPSA) is 67.0 Å². The summed E-state index contributed by atoms with van der Waals surface area (Å²) in [5, 5.41) is 12.1. The lowest BCUT2D eigenvalue weighted by atomic mass is 10.1. The maximum atomic E-state index is 12.5. The molecule has 2 heterocycles. The Balaban J connectivity index is 1.73. The lowest BCUT2D eigenvalue weighted by Crippen LogP contribution is -2.27. The Kier molecular flexibility index (Phi) is 4.96. The van der Waals surface area contributed by atoms with Gasteiger partial charge in [-0.2, -0.15) is 5.10 Å². The molecule has 1 amide bonds. The number of carbonyl (C=O) groups is 1. The minimum absolute atomic E-state index is 0.0187.